The maximum Gasteiger partial charge on any atom is 0.254 e. The smallest absolute Gasteiger partial charge is 0.254 e. The summed E-state index contributed by atoms with van der Waals surface area (Å²) in [7, 11) is 0. The van der Waals surface area contributed by atoms with Crippen LogP contribution >= 0.6 is 23.4 Å². The summed E-state index contributed by atoms with van der Waals surface area (Å²) in [5.74, 6) is 0.0955. The maximum absolute atomic E-state index is 13.3. The Morgan fingerprint density at radius 1 is 1.21 bits per heavy atom. The van der Waals surface area contributed by atoms with Crippen LogP contribution in [0.4, 0.5) is 5.69 Å². The second-order valence-electron chi connectivity index (χ2n) is 6.64. The van der Waals surface area contributed by atoms with E-state index in [0.29, 0.717) is 21.9 Å². The molecule has 2 N–H and O–H groups in total. The first-order valence-electron chi connectivity index (χ1n) is 9.42. The van der Waals surface area contributed by atoms with Crippen molar-refractivity contribution in [3.63, 3.8) is 0 Å². The second kappa shape index (κ2) is 9.69. The van der Waals surface area contributed by atoms with E-state index in [1.54, 1.807) is 17.8 Å². The number of dihydropyridines is 1. The SMILES string of the molecule is CCCSC1=C(C#N)C(c2ccccc2Cl)C(C(=O)Nc2ccccc2)=C(C)N1. The fourth-order valence-electron chi connectivity index (χ4n) is 3.27. The lowest BCUT2D eigenvalue weighted by Crippen LogP contribution is -2.30. The Hall–Kier alpha value is -2.68. The highest BCUT2D eigenvalue weighted by Gasteiger charge is 2.35. The van der Waals surface area contributed by atoms with Crippen LogP contribution < -0.4 is 10.6 Å². The number of para-hydroxylation sites is 1. The summed E-state index contributed by atoms with van der Waals surface area (Å²) < 4.78 is 0. The molecule has 0 saturated heterocycles. The lowest BCUT2D eigenvalue weighted by atomic mass is 9.82. The van der Waals surface area contributed by atoms with Gasteiger partial charge in [0, 0.05) is 22.0 Å². The Labute approximate surface area is 180 Å². The number of nitrogens with one attached hydrogen (secondary N) is 2. The number of nitrogens with zero attached hydrogens (tertiary/aromatic N) is 1. The van der Waals surface area contributed by atoms with Crippen molar-refractivity contribution in [2.45, 2.75) is 26.2 Å². The quantitative estimate of drug-likeness (QED) is 0.614. The first-order valence-corrected chi connectivity index (χ1v) is 10.8. The van der Waals surface area contributed by atoms with Gasteiger partial charge in [0.05, 0.1) is 22.6 Å². The third-order valence-electron chi connectivity index (χ3n) is 4.59. The van der Waals surface area contributed by atoms with Crippen molar-refractivity contribution in [3.8, 4) is 6.07 Å². The minimum absolute atomic E-state index is 0.251. The molecule has 1 heterocycles. The molecule has 0 saturated carbocycles. The number of benzene rings is 2. The van der Waals surface area contributed by atoms with E-state index in [0.717, 1.165) is 28.5 Å². The second-order valence-corrected chi connectivity index (χ2v) is 8.15. The molecule has 2 aromatic rings. The molecule has 148 valence electrons. The van der Waals surface area contributed by atoms with Gasteiger partial charge in [0.25, 0.3) is 5.91 Å². The van der Waals surface area contributed by atoms with Crippen LogP contribution in [0.1, 0.15) is 31.7 Å². The highest BCUT2D eigenvalue weighted by molar-refractivity contribution is 8.03. The van der Waals surface area contributed by atoms with E-state index in [9.17, 15) is 10.1 Å². The molecule has 0 aliphatic carbocycles. The number of hydrogen-bond acceptors (Lipinski definition) is 4. The van der Waals surface area contributed by atoms with Crippen molar-refractivity contribution in [2.75, 3.05) is 11.1 Å². The number of halogens is 1. The van der Waals surface area contributed by atoms with Crippen molar-refractivity contribution in [1.82, 2.24) is 5.32 Å². The summed E-state index contributed by atoms with van der Waals surface area (Å²) >= 11 is 8.09. The van der Waals surface area contributed by atoms with Crippen molar-refractivity contribution < 1.29 is 4.79 Å². The molecular weight excluding hydrogens is 402 g/mol. The van der Waals surface area contributed by atoms with Gasteiger partial charge in [-0.05, 0) is 42.9 Å². The largest absolute Gasteiger partial charge is 0.353 e. The molecule has 0 spiro atoms. The summed E-state index contributed by atoms with van der Waals surface area (Å²) in [5.41, 5.74) is 3.18. The number of nitriles is 1. The summed E-state index contributed by atoms with van der Waals surface area (Å²) in [5, 5.41) is 17.5. The molecule has 1 aliphatic heterocycles. The molecule has 0 bridgehead atoms. The predicted octanol–water partition coefficient (Wildman–Crippen LogP) is 5.82. The van der Waals surface area contributed by atoms with Crippen molar-refractivity contribution in [2.24, 2.45) is 0 Å². The van der Waals surface area contributed by atoms with Gasteiger partial charge < -0.3 is 10.6 Å². The summed E-state index contributed by atoms with van der Waals surface area (Å²) in [4.78, 5) is 13.3. The highest BCUT2D eigenvalue weighted by Crippen LogP contribution is 2.43. The van der Waals surface area contributed by atoms with Gasteiger partial charge in [-0.2, -0.15) is 5.26 Å². The number of rotatable bonds is 6. The molecule has 0 radical (unpaired) electrons. The maximum atomic E-state index is 13.3. The molecule has 3 rings (SSSR count). The monoisotopic (exact) mass is 423 g/mol. The molecule has 0 aromatic heterocycles. The Morgan fingerprint density at radius 3 is 2.55 bits per heavy atom. The van der Waals surface area contributed by atoms with E-state index < -0.39 is 5.92 Å². The van der Waals surface area contributed by atoms with Crippen LogP contribution in [0.2, 0.25) is 5.02 Å². The molecular formula is C23H22ClN3OS. The van der Waals surface area contributed by atoms with E-state index >= 15 is 0 Å². The van der Waals surface area contributed by atoms with E-state index in [4.69, 9.17) is 11.6 Å². The van der Waals surface area contributed by atoms with Gasteiger partial charge in [-0.25, -0.2) is 0 Å². The van der Waals surface area contributed by atoms with E-state index in [1.165, 1.54) is 0 Å². The highest BCUT2D eigenvalue weighted by atomic mass is 35.5. The minimum Gasteiger partial charge on any atom is -0.353 e. The zero-order chi connectivity index (χ0) is 20.8. The summed E-state index contributed by atoms with van der Waals surface area (Å²) in [6, 6.07) is 19.0. The molecule has 1 atom stereocenters. The number of hydrogen-bond donors (Lipinski definition) is 2. The topological polar surface area (TPSA) is 64.9 Å². The number of allylic oxidation sites excluding steroid dienone is 2. The molecule has 0 fully saturated rings. The fraction of sp³-hybridized carbons (Fsp3) is 0.217. The van der Waals surface area contributed by atoms with Crippen LogP contribution in [-0.4, -0.2) is 11.7 Å². The molecule has 1 aliphatic rings. The third-order valence-corrected chi connectivity index (χ3v) is 6.16. The van der Waals surface area contributed by atoms with Crippen molar-refractivity contribution in [1.29, 1.82) is 5.26 Å². The van der Waals surface area contributed by atoms with Gasteiger partial charge in [0.15, 0.2) is 0 Å². The number of amides is 1. The third kappa shape index (κ3) is 4.67. The van der Waals surface area contributed by atoms with Gasteiger partial charge >= 0.3 is 0 Å². The fourth-order valence-corrected chi connectivity index (χ4v) is 4.47. The van der Waals surface area contributed by atoms with Crippen molar-refractivity contribution >= 4 is 35.0 Å². The standard InChI is InChI=1S/C23H22ClN3OS/c1-3-13-29-23-18(14-25)21(17-11-7-8-12-19(17)24)20(15(2)26-23)22(28)27-16-9-5-4-6-10-16/h4-12,21,26H,3,13H2,1-2H3,(H,27,28). The van der Waals surface area contributed by atoms with Gasteiger partial charge in [0.1, 0.15) is 0 Å². The van der Waals surface area contributed by atoms with E-state index in [1.807, 2.05) is 55.5 Å². The van der Waals surface area contributed by atoms with Gasteiger partial charge in [-0.3, -0.25) is 4.79 Å². The van der Waals surface area contributed by atoms with Gasteiger partial charge in [-0.1, -0.05) is 54.9 Å². The average Bonchev–Trinajstić information content (AvgIpc) is 2.72. The van der Waals surface area contributed by atoms with Crippen LogP contribution in [0.15, 0.2) is 76.5 Å². The Kier molecular flexibility index (Phi) is 7.03. The first-order chi connectivity index (χ1) is 14.1. The summed E-state index contributed by atoms with van der Waals surface area (Å²) in [6.07, 6.45) is 0.982. The molecule has 6 heteroatoms. The molecule has 4 nitrogen and oxygen atoms in total. The normalized spacial score (nSPS) is 16.3. The lowest BCUT2D eigenvalue weighted by molar-refractivity contribution is -0.113. The molecule has 1 unspecified atom stereocenters. The molecule has 1 amide bonds. The van der Waals surface area contributed by atoms with Crippen LogP contribution in [-0.2, 0) is 4.79 Å². The number of anilines is 1. The Morgan fingerprint density at radius 2 is 1.90 bits per heavy atom. The van der Waals surface area contributed by atoms with E-state index in [2.05, 4.69) is 23.6 Å². The molecule has 29 heavy (non-hydrogen) atoms. The average molecular weight is 424 g/mol. The van der Waals surface area contributed by atoms with E-state index in [-0.39, 0.29) is 5.91 Å². The number of carbonyl (C=O) groups excluding carboxylic acids is 1. The zero-order valence-corrected chi connectivity index (χ0v) is 17.9. The van der Waals surface area contributed by atoms with Crippen LogP contribution in [0.25, 0.3) is 0 Å². The van der Waals surface area contributed by atoms with Crippen LogP contribution in [0, 0.1) is 11.3 Å². The lowest BCUT2D eigenvalue weighted by Gasteiger charge is -2.30. The number of carbonyl (C=O) groups is 1. The Balaban J connectivity index is 2.09. The minimum atomic E-state index is -0.530. The number of thioether (sulfide) groups is 1. The van der Waals surface area contributed by atoms with Crippen LogP contribution in [0.5, 0.6) is 0 Å². The first kappa shape index (κ1) is 21.0. The summed E-state index contributed by atoms with van der Waals surface area (Å²) in [6.45, 7) is 3.96. The predicted molar refractivity (Wildman–Crippen MR) is 120 cm³/mol. The van der Waals surface area contributed by atoms with Crippen molar-refractivity contribution in [3.05, 3.63) is 87.1 Å². The van der Waals surface area contributed by atoms with Crippen LogP contribution in [0.3, 0.4) is 0 Å². The zero-order valence-electron chi connectivity index (χ0n) is 16.3. The van der Waals surface area contributed by atoms with Gasteiger partial charge in [0.2, 0.25) is 0 Å². The Bertz CT molecular complexity index is 1010. The van der Waals surface area contributed by atoms with Gasteiger partial charge in [-0.15, -0.1) is 11.8 Å². The molecule has 2 aromatic carbocycles.